The van der Waals surface area contributed by atoms with Gasteiger partial charge in [-0.2, -0.15) is 0 Å². The van der Waals surface area contributed by atoms with E-state index in [4.69, 9.17) is 0 Å². The van der Waals surface area contributed by atoms with Gasteiger partial charge in [-0.3, -0.25) is 0 Å². The van der Waals surface area contributed by atoms with E-state index in [1.807, 2.05) is 0 Å². The van der Waals surface area contributed by atoms with Gasteiger partial charge in [-0.1, -0.05) is 145 Å². The molecule has 39 heavy (non-hydrogen) atoms. The first-order valence-electron chi connectivity index (χ1n) is 17.1. The lowest BCUT2D eigenvalue weighted by Gasteiger charge is -2.83. The quantitative estimate of drug-likeness (QED) is 0.331. The van der Waals surface area contributed by atoms with Gasteiger partial charge in [0.25, 0.3) is 0 Å². The van der Waals surface area contributed by atoms with Gasteiger partial charge >= 0.3 is 0 Å². The van der Waals surface area contributed by atoms with Crippen LogP contribution in [0.25, 0.3) is 0 Å². The van der Waals surface area contributed by atoms with Crippen LogP contribution < -0.4 is 0 Å². The molecule has 0 aromatic heterocycles. The Morgan fingerprint density at radius 3 is 1.51 bits per heavy atom. The first-order valence-corrected chi connectivity index (χ1v) is 17.1. The third-order valence-corrected chi connectivity index (χ3v) is 18.2. The minimum absolute atomic E-state index is 0.208. The standard InChI is InChI=1S/C39H74/c1-22-35(19,37(21)27(5)25(3)26(4)33(15,16)34(37,17)18)39-24(2)23-38(39,32(12,13)14)36(20,28(6)29(39)7)30(8)31(9,10)11/h24-30H,22-23H2,1-21H3/t24?,25-,26?,27?,28+,29-,30?,35?,36-,37?,38?,39+/m1/s1. The monoisotopic (exact) mass is 543 g/mol. The van der Waals surface area contributed by atoms with Crippen molar-refractivity contribution in [2.24, 2.45) is 90.2 Å². The molecule has 0 aromatic rings. The molecule has 7 unspecified atom stereocenters. The Labute approximate surface area is 248 Å². The van der Waals surface area contributed by atoms with Crippen LogP contribution in [-0.2, 0) is 0 Å². The van der Waals surface area contributed by atoms with E-state index in [-0.39, 0.29) is 48.7 Å². The molecular weight excluding hydrogens is 468 g/mol. The average molecular weight is 543 g/mol. The van der Waals surface area contributed by atoms with Gasteiger partial charge in [-0.25, -0.2) is 0 Å². The van der Waals surface area contributed by atoms with Gasteiger partial charge in [0.2, 0.25) is 0 Å². The van der Waals surface area contributed by atoms with Crippen LogP contribution in [0.15, 0.2) is 0 Å². The van der Waals surface area contributed by atoms with E-state index in [9.17, 15) is 0 Å². The third-order valence-electron chi connectivity index (χ3n) is 18.2. The van der Waals surface area contributed by atoms with E-state index in [0.29, 0.717) is 35.5 Å². The highest BCUT2D eigenvalue weighted by molar-refractivity contribution is 5.35. The van der Waals surface area contributed by atoms with Crippen molar-refractivity contribution in [3.05, 3.63) is 0 Å². The molecule has 0 bridgehead atoms. The summed E-state index contributed by atoms with van der Waals surface area (Å²) in [5, 5.41) is 0. The van der Waals surface area contributed by atoms with E-state index in [2.05, 4.69) is 145 Å². The second kappa shape index (κ2) is 8.77. The van der Waals surface area contributed by atoms with E-state index in [0.717, 1.165) is 5.92 Å². The molecule has 3 rings (SSSR count). The Morgan fingerprint density at radius 1 is 0.692 bits per heavy atom. The van der Waals surface area contributed by atoms with E-state index < -0.39 is 0 Å². The zero-order chi connectivity index (χ0) is 31.0. The molecule has 0 heteroatoms. The fourth-order valence-electron chi connectivity index (χ4n) is 14.5. The minimum Gasteiger partial charge on any atom is -0.0648 e. The maximum absolute atomic E-state index is 2.84. The normalized spacial score (nSPS) is 50.1. The SMILES string of the molecule is CCC(C)(C1(C)C(C)[C@H](C)C(C)C(C)(C)C1(C)C)[C@@]12C(C)CC1(C(C)(C)C)[C@@](C)(C(C)C(C)(C)C)[C@@H](C)[C@H]2C. The summed E-state index contributed by atoms with van der Waals surface area (Å²) in [6.07, 6.45) is 2.66. The van der Waals surface area contributed by atoms with E-state index in [1.54, 1.807) is 0 Å². The molecule has 0 amide bonds. The van der Waals surface area contributed by atoms with Gasteiger partial charge in [0, 0.05) is 0 Å². The second-order valence-corrected chi connectivity index (χ2v) is 19.7. The van der Waals surface area contributed by atoms with Crippen LogP contribution in [0.1, 0.15) is 158 Å². The van der Waals surface area contributed by atoms with Crippen LogP contribution in [0, 0.1) is 90.2 Å². The molecule has 0 radical (unpaired) electrons. The van der Waals surface area contributed by atoms with Crippen molar-refractivity contribution in [3.63, 3.8) is 0 Å². The van der Waals surface area contributed by atoms with Crippen molar-refractivity contribution < 1.29 is 0 Å². The van der Waals surface area contributed by atoms with Gasteiger partial charge in [-0.05, 0) is 103 Å². The van der Waals surface area contributed by atoms with Gasteiger partial charge in [0.1, 0.15) is 0 Å². The molecule has 3 fully saturated rings. The van der Waals surface area contributed by atoms with Gasteiger partial charge in [-0.15, -0.1) is 0 Å². The zero-order valence-electron chi connectivity index (χ0n) is 31.0. The van der Waals surface area contributed by atoms with Crippen molar-refractivity contribution in [1.82, 2.24) is 0 Å². The van der Waals surface area contributed by atoms with Crippen LogP contribution in [0.5, 0.6) is 0 Å². The summed E-state index contributed by atoms with van der Waals surface area (Å²) in [5.41, 5.74) is 2.27. The fraction of sp³-hybridized carbons (Fsp3) is 1.00. The van der Waals surface area contributed by atoms with Crippen LogP contribution in [0.2, 0.25) is 0 Å². The molecule has 3 aliphatic carbocycles. The smallest absolute Gasteiger partial charge is 0.0117 e. The zero-order valence-corrected chi connectivity index (χ0v) is 31.0. The van der Waals surface area contributed by atoms with Crippen molar-refractivity contribution in [1.29, 1.82) is 0 Å². The molecule has 3 aliphatic rings. The van der Waals surface area contributed by atoms with Gasteiger partial charge < -0.3 is 0 Å². The molecule has 0 aliphatic heterocycles. The number of fused-ring (bicyclic) bond motifs is 1. The molecule has 0 spiro atoms. The summed E-state index contributed by atoms with van der Waals surface area (Å²) in [6.45, 7) is 55.8. The van der Waals surface area contributed by atoms with Crippen molar-refractivity contribution >= 4 is 0 Å². The summed E-state index contributed by atoms with van der Waals surface area (Å²) in [4.78, 5) is 0. The lowest BCUT2D eigenvalue weighted by atomic mass is 9.21. The maximum Gasteiger partial charge on any atom is -0.0117 e. The molecule has 3 saturated carbocycles. The van der Waals surface area contributed by atoms with E-state index in [1.165, 1.54) is 12.8 Å². The molecule has 12 atom stereocenters. The highest BCUT2D eigenvalue weighted by atomic mass is 14.9. The first kappa shape index (κ1) is 33.5. The van der Waals surface area contributed by atoms with Gasteiger partial charge in [0.05, 0.1) is 0 Å². The average Bonchev–Trinajstić information content (AvgIpc) is 2.92. The Morgan fingerprint density at radius 2 is 1.15 bits per heavy atom. The topological polar surface area (TPSA) is 0 Å². The third kappa shape index (κ3) is 3.15. The number of rotatable bonds is 4. The Bertz CT molecular complexity index is 938. The second-order valence-electron chi connectivity index (χ2n) is 19.7. The molecule has 230 valence electrons. The lowest BCUT2D eigenvalue weighted by Crippen LogP contribution is -2.78. The summed E-state index contributed by atoms with van der Waals surface area (Å²) in [5.74, 6) is 4.88. The highest BCUT2D eigenvalue weighted by Crippen LogP contribution is 2.93. The van der Waals surface area contributed by atoms with Crippen molar-refractivity contribution in [2.75, 3.05) is 0 Å². The van der Waals surface area contributed by atoms with E-state index >= 15 is 0 Å². The summed E-state index contributed by atoms with van der Waals surface area (Å²) in [6, 6.07) is 0. The Hall–Kier alpha value is 0. The Balaban J connectivity index is 2.54. The Kier molecular flexibility index (Phi) is 7.54. The molecule has 0 aromatic carbocycles. The molecular formula is C39H74. The van der Waals surface area contributed by atoms with Crippen molar-refractivity contribution in [3.8, 4) is 0 Å². The predicted octanol–water partition coefficient (Wildman–Crippen LogP) is 12.4. The fourth-order valence-corrected chi connectivity index (χ4v) is 14.5. The summed E-state index contributed by atoms with van der Waals surface area (Å²) < 4.78 is 0. The van der Waals surface area contributed by atoms with Crippen LogP contribution >= 0.6 is 0 Å². The molecule has 0 nitrogen and oxygen atoms in total. The summed E-state index contributed by atoms with van der Waals surface area (Å²) in [7, 11) is 0. The number of hydrogen-bond donors (Lipinski definition) is 0. The molecule has 0 N–H and O–H groups in total. The van der Waals surface area contributed by atoms with Crippen LogP contribution in [0.4, 0.5) is 0 Å². The largest absolute Gasteiger partial charge is 0.0648 e. The first-order chi connectivity index (χ1) is 17.1. The van der Waals surface area contributed by atoms with Crippen LogP contribution in [-0.4, -0.2) is 0 Å². The lowest BCUT2D eigenvalue weighted by molar-refractivity contribution is -0.359. The predicted molar refractivity (Wildman–Crippen MR) is 175 cm³/mol. The van der Waals surface area contributed by atoms with Crippen LogP contribution in [0.3, 0.4) is 0 Å². The summed E-state index contributed by atoms with van der Waals surface area (Å²) >= 11 is 0. The maximum atomic E-state index is 2.84. The highest BCUT2D eigenvalue weighted by Gasteiger charge is 2.88. The molecule has 0 heterocycles. The molecule has 0 saturated heterocycles. The minimum atomic E-state index is 0.208. The number of hydrogen-bond acceptors (Lipinski definition) is 0. The van der Waals surface area contributed by atoms with Gasteiger partial charge in [0.15, 0.2) is 0 Å². The van der Waals surface area contributed by atoms with Crippen molar-refractivity contribution in [2.45, 2.75) is 158 Å².